The van der Waals surface area contributed by atoms with Crippen molar-refractivity contribution >= 4 is 27.3 Å². The van der Waals surface area contributed by atoms with Crippen molar-refractivity contribution in [2.45, 2.75) is 50.3 Å². The summed E-state index contributed by atoms with van der Waals surface area (Å²) in [4.78, 5) is 3.18. The Morgan fingerprint density at radius 3 is 2.00 bits per heavy atom. The van der Waals surface area contributed by atoms with E-state index in [0.29, 0.717) is 4.83 Å². The molecule has 1 aromatic carbocycles. The van der Waals surface area contributed by atoms with E-state index in [1.807, 2.05) is 11.3 Å². The molecule has 2 rings (SSSR count). The third-order valence-corrected chi connectivity index (χ3v) is 7.28. The average molecular weight is 351 g/mol. The van der Waals surface area contributed by atoms with Crippen LogP contribution in [0.5, 0.6) is 0 Å². The Bertz CT molecular complexity index is 561. The molecule has 0 bridgehead atoms. The molecule has 0 saturated carbocycles. The van der Waals surface area contributed by atoms with Crippen molar-refractivity contribution < 1.29 is 0 Å². The molecule has 20 heavy (non-hydrogen) atoms. The van der Waals surface area contributed by atoms with Crippen LogP contribution in [0, 0.1) is 0 Å². The van der Waals surface area contributed by atoms with Gasteiger partial charge in [-0.25, -0.2) is 0 Å². The number of halogens is 1. The molecule has 1 aromatic heterocycles. The third kappa shape index (κ3) is 3.17. The minimum atomic E-state index is 0.0707. The highest BCUT2D eigenvalue weighted by molar-refractivity contribution is 9.09. The SMILES string of the molecule is CC(C)(C)c1ccc(C(Br)C(C)(C)c2ccccc2)s1. The number of rotatable bonds is 3. The molecule has 0 nitrogen and oxygen atoms in total. The third-order valence-electron chi connectivity index (χ3n) is 3.77. The van der Waals surface area contributed by atoms with E-state index in [1.54, 1.807) is 0 Å². The molecule has 1 heterocycles. The molecule has 0 aliphatic carbocycles. The molecule has 0 N–H and O–H groups in total. The number of benzene rings is 1. The maximum Gasteiger partial charge on any atom is 0.0580 e. The fourth-order valence-electron chi connectivity index (χ4n) is 2.26. The van der Waals surface area contributed by atoms with Crippen LogP contribution < -0.4 is 0 Å². The Hall–Kier alpha value is -0.600. The molecule has 1 atom stereocenters. The van der Waals surface area contributed by atoms with Crippen LogP contribution in [0.25, 0.3) is 0 Å². The fraction of sp³-hybridized carbons (Fsp3) is 0.444. The molecule has 2 heteroatoms. The topological polar surface area (TPSA) is 0 Å². The summed E-state index contributed by atoms with van der Waals surface area (Å²) in [7, 11) is 0. The Balaban J connectivity index is 2.31. The van der Waals surface area contributed by atoms with Crippen molar-refractivity contribution in [2.24, 2.45) is 0 Å². The Kier molecular flexibility index (Phi) is 4.46. The van der Waals surface area contributed by atoms with Gasteiger partial charge in [0.1, 0.15) is 0 Å². The molecule has 1 unspecified atom stereocenters. The Morgan fingerprint density at radius 1 is 0.900 bits per heavy atom. The molecule has 0 fully saturated rings. The second-order valence-electron chi connectivity index (χ2n) is 6.90. The van der Waals surface area contributed by atoms with E-state index in [9.17, 15) is 0 Å². The first-order chi connectivity index (χ1) is 9.23. The van der Waals surface area contributed by atoms with Crippen LogP contribution in [0.1, 0.15) is 54.8 Å². The van der Waals surface area contributed by atoms with E-state index in [-0.39, 0.29) is 10.8 Å². The van der Waals surface area contributed by atoms with Gasteiger partial charge in [0, 0.05) is 15.2 Å². The molecular formula is C18H23BrS. The highest BCUT2D eigenvalue weighted by atomic mass is 79.9. The van der Waals surface area contributed by atoms with E-state index in [1.165, 1.54) is 15.3 Å². The minimum absolute atomic E-state index is 0.0707. The van der Waals surface area contributed by atoms with E-state index >= 15 is 0 Å². The molecule has 2 aromatic rings. The van der Waals surface area contributed by atoms with Gasteiger partial charge in [-0.2, -0.15) is 0 Å². The van der Waals surface area contributed by atoms with E-state index in [0.717, 1.165) is 0 Å². The summed E-state index contributed by atoms with van der Waals surface area (Å²) < 4.78 is 0. The first-order valence-electron chi connectivity index (χ1n) is 7.03. The van der Waals surface area contributed by atoms with Crippen molar-refractivity contribution in [3.63, 3.8) is 0 Å². The lowest BCUT2D eigenvalue weighted by molar-refractivity contribution is 0.522. The van der Waals surface area contributed by atoms with Crippen LogP contribution >= 0.6 is 27.3 Å². The summed E-state index contributed by atoms with van der Waals surface area (Å²) in [5.41, 5.74) is 1.67. The van der Waals surface area contributed by atoms with Gasteiger partial charge in [0.2, 0.25) is 0 Å². The standard InChI is InChI=1S/C18H23BrS/c1-17(2,3)15-12-11-14(20-15)16(19)18(4,5)13-9-7-6-8-10-13/h6-12,16H,1-5H3. The minimum Gasteiger partial charge on any atom is -0.144 e. The van der Waals surface area contributed by atoms with Gasteiger partial charge in [0.25, 0.3) is 0 Å². The van der Waals surface area contributed by atoms with Gasteiger partial charge in [-0.05, 0) is 23.1 Å². The van der Waals surface area contributed by atoms with Gasteiger partial charge in [-0.3, -0.25) is 0 Å². The van der Waals surface area contributed by atoms with E-state index in [4.69, 9.17) is 0 Å². The summed E-state index contributed by atoms with van der Waals surface area (Å²) >= 11 is 5.86. The van der Waals surface area contributed by atoms with Gasteiger partial charge in [0.15, 0.2) is 0 Å². The number of alkyl halides is 1. The monoisotopic (exact) mass is 350 g/mol. The Morgan fingerprint density at radius 2 is 1.50 bits per heavy atom. The molecule has 0 aliphatic rings. The van der Waals surface area contributed by atoms with Gasteiger partial charge in [-0.1, -0.05) is 80.9 Å². The van der Waals surface area contributed by atoms with Crippen LogP contribution in [-0.4, -0.2) is 0 Å². The first kappa shape index (κ1) is 15.8. The van der Waals surface area contributed by atoms with Crippen molar-refractivity contribution in [1.82, 2.24) is 0 Å². The normalized spacial score (nSPS) is 14.3. The largest absolute Gasteiger partial charge is 0.144 e. The molecule has 0 saturated heterocycles. The van der Waals surface area contributed by atoms with Crippen LogP contribution in [-0.2, 0) is 10.8 Å². The summed E-state index contributed by atoms with van der Waals surface area (Å²) in [6.07, 6.45) is 0. The number of hydrogen-bond acceptors (Lipinski definition) is 1. The van der Waals surface area contributed by atoms with Crippen LogP contribution in [0.15, 0.2) is 42.5 Å². The summed E-state index contributed by atoms with van der Waals surface area (Å²) in [5, 5.41) is 0. The van der Waals surface area contributed by atoms with Crippen molar-refractivity contribution in [2.75, 3.05) is 0 Å². The molecule has 0 aliphatic heterocycles. The lowest BCUT2D eigenvalue weighted by Gasteiger charge is -2.30. The van der Waals surface area contributed by atoms with Crippen molar-refractivity contribution in [1.29, 1.82) is 0 Å². The Labute approximate surface area is 135 Å². The van der Waals surface area contributed by atoms with Gasteiger partial charge in [-0.15, -0.1) is 11.3 Å². The molecule has 0 spiro atoms. The summed E-state index contributed by atoms with van der Waals surface area (Å²) in [6, 6.07) is 15.3. The summed E-state index contributed by atoms with van der Waals surface area (Å²) in [6.45, 7) is 11.4. The zero-order valence-electron chi connectivity index (χ0n) is 12.9. The van der Waals surface area contributed by atoms with Gasteiger partial charge in [0.05, 0.1) is 4.83 Å². The lowest BCUT2D eigenvalue weighted by atomic mass is 9.81. The average Bonchev–Trinajstić information content (AvgIpc) is 2.88. The molecule has 0 amide bonds. The van der Waals surface area contributed by atoms with Gasteiger partial charge >= 0.3 is 0 Å². The van der Waals surface area contributed by atoms with Gasteiger partial charge < -0.3 is 0 Å². The lowest BCUT2D eigenvalue weighted by Crippen LogP contribution is -2.22. The smallest absolute Gasteiger partial charge is 0.0580 e. The molecule has 108 valence electrons. The second-order valence-corrected chi connectivity index (χ2v) is 8.93. The van der Waals surface area contributed by atoms with Crippen LogP contribution in [0.4, 0.5) is 0 Å². The van der Waals surface area contributed by atoms with Crippen molar-refractivity contribution in [3.8, 4) is 0 Å². The maximum absolute atomic E-state index is 3.93. The number of hydrogen-bond donors (Lipinski definition) is 0. The zero-order valence-corrected chi connectivity index (χ0v) is 15.3. The zero-order chi connectivity index (χ0) is 15.0. The number of thiophene rings is 1. The fourth-order valence-corrected chi connectivity index (χ4v) is 4.19. The quantitative estimate of drug-likeness (QED) is 0.557. The predicted molar refractivity (Wildman–Crippen MR) is 94.2 cm³/mol. The second kappa shape index (κ2) is 5.65. The first-order valence-corrected chi connectivity index (χ1v) is 8.76. The van der Waals surface area contributed by atoms with Crippen molar-refractivity contribution in [3.05, 3.63) is 57.8 Å². The van der Waals surface area contributed by atoms with Crippen LogP contribution in [0.2, 0.25) is 0 Å². The molecular weight excluding hydrogens is 328 g/mol. The highest BCUT2D eigenvalue weighted by Gasteiger charge is 2.32. The predicted octanol–water partition coefficient (Wildman–Crippen LogP) is 6.46. The van der Waals surface area contributed by atoms with E-state index in [2.05, 4.69) is 93.0 Å². The van der Waals surface area contributed by atoms with E-state index < -0.39 is 0 Å². The molecule has 0 radical (unpaired) electrons. The maximum atomic E-state index is 3.93. The highest BCUT2D eigenvalue weighted by Crippen LogP contribution is 2.46. The summed E-state index contributed by atoms with van der Waals surface area (Å²) in [5.74, 6) is 0. The van der Waals surface area contributed by atoms with Crippen LogP contribution in [0.3, 0.4) is 0 Å².